The Hall–Kier alpha value is -1.92. The smallest absolute Gasteiger partial charge is 0.177 e. The minimum absolute atomic E-state index is 0.773. The standard InChI is InChI=1S/C13H10N4S2/c1-2-10(19-4-1)7-17-13-11(6-14-17)15-12(16-13)9-3-5-18-8-9/h1-6,8H,7H2,(H,15,16). The molecule has 0 aromatic carbocycles. The normalized spacial score (nSPS) is 11.4. The van der Waals surface area contributed by atoms with Crippen LogP contribution in [0.5, 0.6) is 0 Å². The van der Waals surface area contributed by atoms with Crippen molar-refractivity contribution < 1.29 is 0 Å². The number of hydrogen-bond acceptors (Lipinski definition) is 4. The van der Waals surface area contributed by atoms with Gasteiger partial charge in [-0.1, -0.05) is 6.07 Å². The molecule has 0 saturated heterocycles. The van der Waals surface area contributed by atoms with Crippen molar-refractivity contribution in [1.29, 1.82) is 0 Å². The third-order valence-corrected chi connectivity index (χ3v) is 4.51. The molecule has 4 heterocycles. The van der Waals surface area contributed by atoms with Crippen molar-refractivity contribution in [3.63, 3.8) is 0 Å². The first-order chi connectivity index (χ1) is 9.40. The maximum absolute atomic E-state index is 4.65. The van der Waals surface area contributed by atoms with E-state index < -0.39 is 0 Å². The molecule has 0 radical (unpaired) electrons. The summed E-state index contributed by atoms with van der Waals surface area (Å²) in [5.74, 6) is 0.911. The summed E-state index contributed by atoms with van der Waals surface area (Å²) in [6, 6.07) is 6.24. The van der Waals surface area contributed by atoms with Gasteiger partial charge in [0.25, 0.3) is 0 Å². The molecule has 0 aliphatic carbocycles. The highest BCUT2D eigenvalue weighted by Gasteiger charge is 2.11. The van der Waals surface area contributed by atoms with Gasteiger partial charge in [-0.25, -0.2) is 9.67 Å². The van der Waals surface area contributed by atoms with Crippen molar-refractivity contribution in [1.82, 2.24) is 19.7 Å². The summed E-state index contributed by atoms with van der Waals surface area (Å²) in [6.07, 6.45) is 1.84. The fraction of sp³-hybridized carbons (Fsp3) is 0.0769. The van der Waals surface area contributed by atoms with Gasteiger partial charge in [-0.15, -0.1) is 11.3 Å². The average molecular weight is 286 g/mol. The molecule has 4 rings (SSSR count). The Morgan fingerprint density at radius 2 is 2.26 bits per heavy atom. The van der Waals surface area contributed by atoms with E-state index in [1.54, 1.807) is 22.7 Å². The molecule has 94 valence electrons. The maximum atomic E-state index is 4.65. The summed E-state index contributed by atoms with van der Waals surface area (Å²) in [7, 11) is 0. The minimum Gasteiger partial charge on any atom is -0.335 e. The molecule has 0 bridgehead atoms. The van der Waals surface area contributed by atoms with Crippen LogP contribution >= 0.6 is 22.7 Å². The van der Waals surface area contributed by atoms with E-state index in [1.165, 1.54) is 4.88 Å². The lowest BCUT2D eigenvalue weighted by Crippen LogP contribution is -2.00. The third kappa shape index (κ3) is 1.89. The van der Waals surface area contributed by atoms with E-state index in [0.29, 0.717) is 0 Å². The second kappa shape index (κ2) is 4.32. The summed E-state index contributed by atoms with van der Waals surface area (Å²) < 4.78 is 1.94. The molecule has 4 aromatic rings. The molecular formula is C13H10N4S2. The fourth-order valence-electron chi connectivity index (χ4n) is 2.05. The van der Waals surface area contributed by atoms with Gasteiger partial charge >= 0.3 is 0 Å². The summed E-state index contributed by atoms with van der Waals surface area (Å²) in [4.78, 5) is 9.25. The minimum atomic E-state index is 0.773. The van der Waals surface area contributed by atoms with E-state index in [2.05, 4.69) is 49.4 Å². The fourth-order valence-corrected chi connectivity index (χ4v) is 3.37. The van der Waals surface area contributed by atoms with Crippen LogP contribution in [0.15, 0.2) is 40.5 Å². The molecule has 1 N–H and O–H groups in total. The van der Waals surface area contributed by atoms with E-state index in [4.69, 9.17) is 0 Å². The summed E-state index contributed by atoms with van der Waals surface area (Å²) in [5.41, 5.74) is 3.02. The Bertz CT molecular complexity index is 793. The number of aromatic nitrogens is 4. The number of hydrogen-bond donors (Lipinski definition) is 1. The van der Waals surface area contributed by atoms with Crippen molar-refractivity contribution in [2.75, 3.05) is 0 Å². The van der Waals surface area contributed by atoms with Crippen molar-refractivity contribution >= 4 is 33.8 Å². The van der Waals surface area contributed by atoms with Crippen molar-refractivity contribution in [3.05, 3.63) is 45.4 Å². The molecular weight excluding hydrogens is 276 g/mol. The van der Waals surface area contributed by atoms with E-state index in [-0.39, 0.29) is 0 Å². The van der Waals surface area contributed by atoms with Gasteiger partial charge in [-0.05, 0) is 22.9 Å². The summed E-state index contributed by atoms with van der Waals surface area (Å²) in [5, 5.41) is 10.6. The Kier molecular flexibility index (Phi) is 2.49. The number of nitrogens with one attached hydrogen (secondary N) is 1. The molecule has 6 heteroatoms. The Morgan fingerprint density at radius 3 is 3.05 bits per heavy atom. The molecule has 4 aromatic heterocycles. The zero-order valence-corrected chi connectivity index (χ0v) is 11.5. The van der Waals surface area contributed by atoms with Crippen LogP contribution in [0, 0.1) is 0 Å². The highest BCUT2D eigenvalue weighted by molar-refractivity contribution is 7.09. The molecule has 19 heavy (non-hydrogen) atoms. The van der Waals surface area contributed by atoms with Crippen LogP contribution in [0.2, 0.25) is 0 Å². The van der Waals surface area contributed by atoms with Crippen LogP contribution in [0.1, 0.15) is 4.88 Å². The SMILES string of the molecule is c1csc(Cn2ncc3[nH]c(-c4ccsc4)nc32)c1. The van der Waals surface area contributed by atoms with Crippen LogP contribution in [0.3, 0.4) is 0 Å². The van der Waals surface area contributed by atoms with Gasteiger partial charge in [-0.2, -0.15) is 16.4 Å². The van der Waals surface area contributed by atoms with E-state index >= 15 is 0 Å². The van der Waals surface area contributed by atoms with Crippen molar-refractivity contribution in [2.45, 2.75) is 6.54 Å². The van der Waals surface area contributed by atoms with Crippen LogP contribution in [-0.4, -0.2) is 19.7 Å². The first-order valence-electron chi connectivity index (χ1n) is 5.86. The van der Waals surface area contributed by atoms with Gasteiger partial charge in [0.15, 0.2) is 5.65 Å². The number of nitrogens with zero attached hydrogens (tertiary/aromatic N) is 3. The van der Waals surface area contributed by atoms with Crippen LogP contribution in [0.25, 0.3) is 22.6 Å². The topological polar surface area (TPSA) is 46.5 Å². The zero-order chi connectivity index (χ0) is 12.7. The Labute approximate surface area is 117 Å². The predicted octanol–water partition coefficient (Wildman–Crippen LogP) is 3.60. The van der Waals surface area contributed by atoms with Crippen molar-refractivity contribution in [3.8, 4) is 11.4 Å². The lowest BCUT2D eigenvalue weighted by atomic mass is 10.3. The maximum Gasteiger partial charge on any atom is 0.177 e. The van der Waals surface area contributed by atoms with Crippen LogP contribution in [-0.2, 0) is 6.54 Å². The van der Waals surface area contributed by atoms with Gasteiger partial charge in [0.1, 0.15) is 11.3 Å². The van der Waals surface area contributed by atoms with Gasteiger partial charge < -0.3 is 4.98 Å². The van der Waals surface area contributed by atoms with Gasteiger partial charge in [-0.3, -0.25) is 0 Å². The lowest BCUT2D eigenvalue weighted by molar-refractivity contribution is 0.713. The zero-order valence-electron chi connectivity index (χ0n) is 9.91. The number of imidazole rings is 1. The second-order valence-corrected chi connectivity index (χ2v) is 6.03. The molecule has 0 aliphatic rings. The summed E-state index contributed by atoms with van der Waals surface area (Å²) >= 11 is 3.41. The van der Waals surface area contributed by atoms with Crippen molar-refractivity contribution in [2.24, 2.45) is 0 Å². The van der Waals surface area contributed by atoms with E-state index in [1.807, 2.05) is 10.9 Å². The molecule has 0 aliphatic heterocycles. The van der Waals surface area contributed by atoms with Crippen LogP contribution in [0.4, 0.5) is 0 Å². The number of rotatable bonds is 3. The molecule has 0 atom stereocenters. The lowest BCUT2D eigenvalue weighted by Gasteiger charge is -1.97. The second-order valence-electron chi connectivity index (χ2n) is 4.22. The predicted molar refractivity (Wildman–Crippen MR) is 78.6 cm³/mol. The van der Waals surface area contributed by atoms with Gasteiger partial charge in [0, 0.05) is 15.8 Å². The van der Waals surface area contributed by atoms with Crippen LogP contribution < -0.4 is 0 Å². The quantitative estimate of drug-likeness (QED) is 0.625. The number of thiophene rings is 2. The Morgan fingerprint density at radius 1 is 1.26 bits per heavy atom. The molecule has 4 nitrogen and oxygen atoms in total. The summed E-state index contributed by atoms with van der Waals surface area (Å²) in [6.45, 7) is 0.773. The average Bonchev–Trinajstić information content (AvgIpc) is 3.15. The molecule has 0 spiro atoms. The van der Waals surface area contributed by atoms with E-state index in [0.717, 1.165) is 29.1 Å². The highest BCUT2D eigenvalue weighted by Crippen LogP contribution is 2.23. The first-order valence-corrected chi connectivity index (χ1v) is 7.69. The Balaban J connectivity index is 1.76. The number of H-pyrrole nitrogens is 1. The van der Waals surface area contributed by atoms with E-state index in [9.17, 15) is 0 Å². The molecule has 0 amide bonds. The number of fused-ring (bicyclic) bond motifs is 1. The third-order valence-electron chi connectivity index (χ3n) is 2.96. The molecule has 0 saturated carbocycles. The highest BCUT2D eigenvalue weighted by atomic mass is 32.1. The molecule has 0 unspecified atom stereocenters. The molecule has 0 fully saturated rings. The van der Waals surface area contributed by atoms with Gasteiger partial charge in [0.2, 0.25) is 0 Å². The largest absolute Gasteiger partial charge is 0.335 e. The first kappa shape index (κ1) is 11.0. The van der Waals surface area contributed by atoms with Gasteiger partial charge in [0.05, 0.1) is 12.7 Å². The monoisotopic (exact) mass is 286 g/mol. The number of aromatic amines is 1.